The van der Waals surface area contributed by atoms with Gasteiger partial charge in [-0.15, -0.1) is 0 Å². The minimum atomic E-state index is -0.113. The second-order valence-electron chi connectivity index (χ2n) is 3.52. The second kappa shape index (κ2) is 3.40. The SMILES string of the molecule is CCCc1ccc2nn(C)cc2c1F. The summed E-state index contributed by atoms with van der Waals surface area (Å²) in [5, 5.41) is 4.78. The summed E-state index contributed by atoms with van der Waals surface area (Å²) in [6, 6.07) is 3.71. The lowest BCUT2D eigenvalue weighted by molar-refractivity contribution is 0.619. The van der Waals surface area contributed by atoms with Gasteiger partial charge in [0, 0.05) is 13.2 Å². The Bertz CT molecular complexity index is 460. The zero-order valence-corrected chi connectivity index (χ0v) is 8.42. The van der Waals surface area contributed by atoms with Gasteiger partial charge in [-0.3, -0.25) is 4.68 Å². The molecule has 74 valence electrons. The van der Waals surface area contributed by atoms with E-state index in [2.05, 4.69) is 5.10 Å². The molecule has 0 aliphatic rings. The molecule has 3 heteroatoms. The number of fused-ring (bicyclic) bond motifs is 1. The predicted octanol–water partition coefficient (Wildman–Crippen LogP) is 2.66. The first-order chi connectivity index (χ1) is 6.72. The summed E-state index contributed by atoms with van der Waals surface area (Å²) < 4.78 is 15.5. The summed E-state index contributed by atoms with van der Waals surface area (Å²) in [6.45, 7) is 2.05. The largest absolute Gasteiger partial charge is 0.274 e. The summed E-state index contributed by atoms with van der Waals surface area (Å²) in [4.78, 5) is 0. The molecule has 2 nitrogen and oxygen atoms in total. The van der Waals surface area contributed by atoms with E-state index in [0.717, 1.165) is 23.9 Å². The normalized spacial score (nSPS) is 11.1. The Morgan fingerprint density at radius 3 is 2.93 bits per heavy atom. The van der Waals surface area contributed by atoms with Gasteiger partial charge < -0.3 is 0 Å². The summed E-state index contributed by atoms with van der Waals surface area (Å²) >= 11 is 0. The highest BCUT2D eigenvalue weighted by Crippen LogP contribution is 2.20. The van der Waals surface area contributed by atoms with E-state index in [9.17, 15) is 4.39 Å². The van der Waals surface area contributed by atoms with Crippen molar-refractivity contribution >= 4 is 10.9 Å². The van der Waals surface area contributed by atoms with Gasteiger partial charge in [-0.2, -0.15) is 5.10 Å². The Labute approximate surface area is 82.3 Å². The Kier molecular flexibility index (Phi) is 2.23. The molecular weight excluding hydrogens is 179 g/mol. The van der Waals surface area contributed by atoms with Crippen LogP contribution in [0.3, 0.4) is 0 Å². The third kappa shape index (κ3) is 1.39. The van der Waals surface area contributed by atoms with Gasteiger partial charge in [0.25, 0.3) is 0 Å². The molecule has 0 radical (unpaired) electrons. The van der Waals surface area contributed by atoms with Gasteiger partial charge in [0.2, 0.25) is 0 Å². The third-order valence-corrected chi connectivity index (χ3v) is 2.34. The number of hydrogen-bond donors (Lipinski definition) is 0. The quantitative estimate of drug-likeness (QED) is 0.715. The highest BCUT2D eigenvalue weighted by Gasteiger charge is 2.08. The van der Waals surface area contributed by atoms with Crippen LogP contribution in [0.1, 0.15) is 18.9 Å². The van der Waals surface area contributed by atoms with Gasteiger partial charge in [0.15, 0.2) is 0 Å². The van der Waals surface area contributed by atoms with Crippen LogP contribution in [0.2, 0.25) is 0 Å². The van der Waals surface area contributed by atoms with E-state index in [1.807, 2.05) is 19.1 Å². The van der Waals surface area contributed by atoms with Crippen LogP contribution >= 0.6 is 0 Å². The number of aromatic nitrogens is 2. The molecule has 0 spiro atoms. The molecule has 0 atom stereocenters. The molecule has 0 aliphatic heterocycles. The maximum atomic E-state index is 13.8. The van der Waals surface area contributed by atoms with Crippen molar-refractivity contribution in [3.05, 3.63) is 29.7 Å². The fourth-order valence-corrected chi connectivity index (χ4v) is 1.69. The number of nitrogens with zero attached hydrogens (tertiary/aromatic N) is 2. The minimum Gasteiger partial charge on any atom is -0.274 e. The van der Waals surface area contributed by atoms with E-state index in [0.29, 0.717) is 5.39 Å². The number of rotatable bonds is 2. The van der Waals surface area contributed by atoms with E-state index in [1.54, 1.807) is 17.9 Å². The molecule has 1 aromatic carbocycles. The molecule has 2 rings (SSSR count). The summed E-state index contributed by atoms with van der Waals surface area (Å²) in [5.41, 5.74) is 1.51. The molecule has 1 heterocycles. The standard InChI is InChI=1S/C11H13FN2/c1-3-4-8-5-6-10-9(11(8)12)7-14(2)13-10/h5-7H,3-4H2,1-2H3. The van der Waals surface area contributed by atoms with Crippen LogP contribution in [0.25, 0.3) is 10.9 Å². The van der Waals surface area contributed by atoms with Crippen LogP contribution in [0.5, 0.6) is 0 Å². The van der Waals surface area contributed by atoms with E-state index in [4.69, 9.17) is 0 Å². The minimum absolute atomic E-state index is 0.113. The van der Waals surface area contributed by atoms with Crippen LogP contribution in [0.15, 0.2) is 18.3 Å². The van der Waals surface area contributed by atoms with Crippen LogP contribution in [0.4, 0.5) is 4.39 Å². The van der Waals surface area contributed by atoms with Crippen molar-refractivity contribution in [1.82, 2.24) is 9.78 Å². The number of halogens is 1. The predicted molar refractivity (Wildman–Crippen MR) is 54.7 cm³/mol. The lowest BCUT2D eigenvalue weighted by Crippen LogP contribution is -1.89. The third-order valence-electron chi connectivity index (χ3n) is 2.34. The molecule has 1 aromatic heterocycles. The average molecular weight is 192 g/mol. The Morgan fingerprint density at radius 2 is 2.21 bits per heavy atom. The van der Waals surface area contributed by atoms with E-state index < -0.39 is 0 Å². The molecular formula is C11H13FN2. The van der Waals surface area contributed by atoms with Crippen molar-refractivity contribution in [2.24, 2.45) is 7.05 Å². The van der Waals surface area contributed by atoms with E-state index in [-0.39, 0.29) is 5.82 Å². The molecule has 0 amide bonds. The Morgan fingerprint density at radius 1 is 1.43 bits per heavy atom. The Balaban J connectivity index is 2.61. The van der Waals surface area contributed by atoms with Gasteiger partial charge >= 0.3 is 0 Å². The van der Waals surface area contributed by atoms with Gasteiger partial charge in [-0.05, 0) is 18.1 Å². The molecule has 0 fully saturated rings. The topological polar surface area (TPSA) is 17.8 Å². The van der Waals surface area contributed by atoms with E-state index in [1.165, 1.54) is 0 Å². The Hall–Kier alpha value is -1.38. The first-order valence-electron chi connectivity index (χ1n) is 4.83. The molecule has 0 N–H and O–H groups in total. The van der Waals surface area contributed by atoms with Crippen molar-refractivity contribution in [2.75, 3.05) is 0 Å². The van der Waals surface area contributed by atoms with Crippen LogP contribution in [0, 0.1) is 5.82 Å². The molecule has 0 saturated heterocycles. The monoisotopic (exact) mass is 192 g/mol. The number of aryl methyl sites for hydroxylation is 2. The molecule has 0 aliphatic carbocycles. The van der Waals surface area contributed by atoms with Gasteiger partial charge in [0.05, 0.1) is 10.9 Å². The van der Waals surface area contributed by atoms with Crippen LogP contribution < -0.4 is 0 Å². The molecule has 0 bridgehead atoms. The van der Waals surface area contributed by atoms with Gasteiger partial charge in [-0.1, -0.05) is 19.4 Å². The highest BCUT2D eigenvalue weighted by atomic mass is 19.1. The maximum Gasteiger partial charge on any atom is 0.137 e. The van der Waals surface area contributed by atoms with Gasteiger partial charge in [-0.25, -0.2) is 4.39 Å². The number of benzene rings is 1. The first-order valence-corrected chi connectivity index (χ1v) is 4.83. The van der Waals surface area contributed by atoms with Crippen molar-refractivity contribution in [2.45, 2.75) is 19.8 Å². The first kappa shape index (κ1) is 9.19. The fourth-order valence-electron chi connectivity index (χ4n) is 1.69. The zero-order valence-electron chi connectivity index (χ0n) is 8.42. The molecule has 0 unspecified atom stereocenters. The lowest BCUT2D eigenvalue weighted by atomic mass is 10.1. The summed E-state index contributed by atoms with van der Waals surface area (Å²) in [7, 11) is 1.80. The van der Waals surface area contributed by atoms with Crippen molar-refractivity contribution in [3.63, 3.8) is 0 Å². The molecule has 14 heavy (non-hydrogen) atoms. The number of hydrogen-bond acceptors (Lipinski definition) is 1. The zero-order chi connectivity index (χ0) is 10.1. The summed E-state index contributed by atoms with van der Waals surface area (Å²) in [6.07, 6.45) is 3.48. The van der Waals surface area contributed by atoms with Crippen molar-refractivity contribution in [3.8, 4) is 0 Å². The highest BCUT2D eigenvalue weighted by molar-refractivity contribution is 5.79. The average Bonchev–Trinajstić information content (AvgIpc) is 2.52. The molecule has 2 aromatic rings. The second-order valence-corrected chi connectivity index (χ2v) is 3.52. The van der Waals surface area contributed by atoms with Crippen LogP contribution in [-0.4, -0.2) is 9.78 Å². The van der Waals surface area contributed by atoms with Crippen molar-refractivity contribution < 1.29 is 4.39 Å². The molecule has 0 saturated carbocycles. The fraction of sp³-hybridized carbons (Fsp3) is 0.364. The van der Waals surface area contributed by atoms with E-state index >= 15 is 0 Å². The lowest BCUT2D eigenvalue weighted by Gasteiger charge is -2.00. The maximum absolute atomic E-state index is 13.8. The van der Waals surface area contributed by atoms with Crippen molar-refractivity contribution in [1.29, 1.82) is 0 Å². The van der Waals surface area contributed by atoms with Gasteiger partial charge in [0.1, 0.15) is 5.82 Å². The smallest absolute Gasteiger partial charge is 0.137 e. The van der Waals surface area contributed by atoms with Crippen LogP contribution in [-0.2, 0) is 13.5 Å². The summed E-state index contributed by atoms with van der Waals surface area (Å²) in [5.74, 6) is -0.113.